The minimum atomic E-state index is -0.0253. The minimum Gasteiger partial charge on any atom is -0.326 e. The zero-order valence-corrected chi connectivity index (χ0v) is 27.4. The van der Waals surface area contributed by atoms with Crippen molar-refractivity contribution in [3.63, 3.8) is 0 Å². The van der Waals surface area contributed by atoms with Crippen LogP contribution in [-0.4, -0.2) is 17.0 Å². The average Bonchev–Trinajstić information content (AvgIpc) is 3.04. The molecule has 2 N–H and O–H groups in total. The van der Waals surface area contributed by atoms with Crippen molar-refractivity contribution in [2.45, 2.75) is 90.3 Å². The highest BCUT2D eigenvalue weighted by Crippen LogP contribution is 2.33. The van der Waals surface area contributed by atoms with Gasteiger partial charge in [-0.25, -0.2) is 0 Å². The van der Waals surface area contributed by atoms with Crippen LogP contribution in [0.1, 0.15) is 82.8 Å². The second-order valence-electron chi connectivity index (χ2n) is 13.9. The van der Waals surface area contributed by atoms with E-state index in [1.807, 2.05) is 0 Å². The van der Waals surface area contributed by atoms with Crippen molar-refractivity contribution in [1.29, 1.82) is 0 Å². The molecule has 0 aliphatic heterocycles. The van der Waals surface area contributed by atoms with E-state index >= 15 is 0 Å². The van der Waals surface area contributed by atoms with Crippen LogP contribution in [-0.2, 0) is 13.1 Å². The molecule has 232 valence electrons. The van der Waals surface area contributed by atoms with E-state index in [0.717, 1.165) is 26.1 Å². The zero-order valence-electron chi connectivity index (χ0n) is 27.4. The van der Waals surface area contributed by atoms with E-state index in [4.69, 9.17) is 5.73 Å². The molecule has 2 nitrogen and oxygen atoms in total. The molecule has 0 aromatic heterocycles. The first-order valence-corrected chi connectivity index (χ1v) is 17.3. The van der Waals surface area contributed by atoms with Gasteiger partial charge in [-0.2, -0.15) is 0 Å². The Labute approximate surface area is 270 Å². The van der Waals surface area contributed by atoms with Crippen molar-refractivity contribution in [3.8, 4) is 0 Å². The minimum absolute atomic E-state index is 0.0253. The molecular weight excluding hydrogens is 544 g/mol. The number of nitrogens with two attached hydrogens (primary N) is 1. The van der Waals surface area contributed by atoms with Crippen LogP contribution in [0.2, 0.25) is 0 Å². The summed E-state index contributed by atoms with van der Waals surface area (Å²) in [6, 6.07) is 40.5. The van der Waals surface area contributed by atoms with Gasteiger partial charge in [0, 0.05) is 18.6 Å². The van der Waals surface area contributed by atoms with E-state index in [0.29, 0.717) is 0 Å². The first-order valence-electron chi connectivity index (χ1n) is 17.3. The van der Waals surface area contributed by atoms with Crippen LogP contribution in [0.5, 0.6) is 0 Å². The Morgan fingerprint density at radius 1 is 0.467 bits per heavy atom. The molecule has 0 saturated heterocycles. The first-order chi connectivity index (χ1) is 22.0. The molecule has 0 heterocycles. The van der Waals surface area contributed by atoms with Crippen LogP contribution in [0.15, 0.2) is 109 Å². The standard InChI is InChI=1S/C43H50N2/c1-43(2,44)27-17-7-5-3-4-6-8-18-28-45(31-41-37-23-13-9-19-33(37)29-34-20-10-14-24-38(34)41)32-42-39-25-15-11-21-35(39)30-36-22-12-16-26-40(36)42/h9-16,19-26,29-30H,3-8,17-18,27-28,31-32,44H2,1-2H3. The van der Waals surface area contributed by atoms with Gasteiger partial charge in [0.15, 0.2) is 0 Å². The van der Waals surface area contributed by atoms with Crippen molar-refractivity contribution < 1.29 is 0 Å². The molecule has 2 heteroatoms. The van der Waals surface area contributed by atoms with Gasteiger partial charge < -0.3 is 5.73 Å². The molecule has 0 saturated carbocycles. The summed E-state index contributed by atoms with van der Waals surface area (Å²) in [5.41, 5.74) is 9.04. The van der Waals surface area contributed by atoms with Crippen molar-refractivity contribution in [2.75, 3.05) is 6.54 Å². The third-order valence-electron chi connectivity index (χ3n) is 9.57. The maximum absolute atomic E-state index is 6.16. The van der Waals surface area contributed by atoms with Gasteiger partial charge in [0.05, 0.1) is 0 Å². The van der Waals surface area contributed by atoms with E-state index in [9.17, 15) is 0 Å². The maximum atomic E-state index is 6.16. The SMILES string of the molecule is CC(C)(N)CCCCCCCCCCN(Cc1c2ccccc2cc2ccccc12)Cc1c2ccccc2cc2ccccc12. The summed E-state index contributed by atoms with van der Waals surface area (Å²) in [5, 5.41) is 10.8. The molecule has 45 heavy (non-hydrogen) atoms. The Balaban J connectivity index is 1.23. The molecule has 6 aromatic rings. The normalized spacial score (nSPS) is 12.3. The molecule has 0 aliphatic carbocycles. The highest BCUT2D eigenvalue weighted by atomic mass is 15.1. The van der Waals surface area contributed by atoms with Crippen LogP contribution in [0.25, 0.3) is 43.1 Å². The van der Waals surface area contributed by atoms with E-state index in [1.54, 1.807) is 0 Å². The fraction of sp³-hybridized carbons (Fsp3) is 0.349. The van der Waals surface area contributed by atoms with Crippen molar-refractivity contribution in [2.24, 2.45) is 5.73 Å². The lowest BCUT2D eigenvalue weighted by Gasteiger charge is -2.26. The Hall–Kier alpha value is -3.72. The second kappa shape index (κ2) is 14.6. The van der Waals surface area contributed by atoms with Gasteiger partial charge in [-0.05, 0) is 99.6 Å². The monoisotopic (exact) mass is 594 g/mol. The van der Waals surface area contributed by atoms with Crippen LogP contribution in [0.3, 0.4) is 0 Å². The number of benzene rings is 6. The Kier molecular flexibility index (Phi) is 10.1. The number of hydrogen-bond acceptors (Lipinski definition) is 2. The molecule has 6 aromatic carbocycles. The van der Waals surface area contributed by atoms with Crippen LogP contribution >= 0.6 is 0 Å². The fourth-order valence-electron chi connectivity index (χ4n) is 7.19. The Morgan fingerprint density at radius 3 is 1.18 bits per heavy atom. The summed E-state index contributed by atoms with van der Waals surface area (Å²) < 4.78 is 0. The first kappa shape index (κ1) is 31.3. The van der Waals surface area contributed by atoms with E-state index in [-0.39, 0.29) is 5.54 Å². The molecule has 0 unspecified atom stereocenters. The number of fused-ring (bicyclic) bond motifs is 4. The highest BCUT2D eigenvalue weighted by Gasteiger charge is 2.16. The van der Waals surface area contributed by atoms with Gasteiger partial charge in [0.25, 0.3) is 0 Å². The van der Waals surface area contributed by atoms with Crippen molar-refractivity contribution in [3.05, 3.63) is 120 Å². The third-order valence-corrected chi connectivity index (χ3v) is 9.57. The number of rotatable bonds is 15. The average molecular weight is 595 g/mol. The van der Waals surface area contributed by atoms with E-state index < -0.39 is 0 Å². The van der Waals surface area contributed by atoms with Crippen molar-refractivity contribution >= 4 is 43.1 Å². The molecule has 0 amide bonds. The highest BCUT2D eigenvalue weighted by molar-refractivity contribution is 6.03. The van der Waals surface area contributed by atoms with Crippen LogP contribution < -0.4 is 5.73 Å². The molecule has 0 fully saturated rings. The zero-order chi connectivity index (χ0) is 31.1. The van der Waals surface area contributed by atoms with Gasteiger partial charge in [-0.15, -0.1) is 0 Å². The second-order valence-corrected chi connectivity index (χ2v) is 13.9. The lowest BCUT2D eigenvalue weighted by atomic mass is 9.94. The lowest BCUT2D eigenvalue weighted by Crippen LogP contribution is -2.31. The van der Waals surface area contributed by atoms with Gasteiger partial charge in [-0.1, -0.05) is 142 Å². The van der Waals surface area contributed by atoms with Gasteiger partial charge in [-0.3, -0.25) is 4.90 Å². The molecule has 0 aliphatic rings. The summed E-state index contributed by atoms with van der Waals surface area (Å²) in [6.45, 7) is 7.26. The fourth-order valence-corrected chi connectivity index (χ4v) is 7.19. The lowest BCUT2D eigenvalue weighted by molar-refractivity contribution is 0.253. The van der Waals surface area contributed by atoms with Crippen LogP contribution in [0.4, 0.5) is 0 Å². The largest absolute Gasteiger partial charge is 0.326 e. The summed E-state index contributed by atoms with van der Waals surface area (Å²) in [6.07, 6.45) is 11.6. The number of unbranched alkanes of at least 4 members (excludes halogenated alkanes) is 7. The molecule has 0 radical (unpaired) electrons. The Morgan fingerprint density at radius 2 is 0.800 bits per heavy atom. The molecule has 6 rings (SSSR count). The summed E-state index contributed by atoms with van der Waals surface area (Å²) in [4.78, 5) is 2.73. The van der Waals surface area contributed by atoms with E-state index in [2.05, 4.69) is 128 Å². The predicted octanol–water partition coefficient (Wildman–Crippen LogP) is 11.5. The third kappa shape index (κ3) is 7.93. The summed E-state index contributed by atoms with van der Waals surface area (Å²) in [7, 11) is 0. The molecule has 0 spiro atoms. The Bertz CT molecular complexity index is 1630. The topological polar surface area (TPSA) is 29.3 Å². The number of nitrogens with zero attached hydrogens (tertiary/aromatic N) is 1. The van der Waals surface area contributed by atoms with Gasteiger partial charge >= 0.3 is 0 Å². The van der Waals surface area contributed by atoms with Gasteiger partial charge in [0.2, 0.25) is 0 Å². The quantitative estimate of drug-likeness (QED) is 0.0946. The van der Waals surface area contributed by atoms with Crippen LogP contribution in [0, 0.1) is 0 Å². The van der Waals surface area contributed by atoms with Gasteiger partial charge in [0.1, 0.15) is 0 Å². The molecular formula is C43H50N2. The predicted molar refractivity (Wildman–Crippen MR) is 197 cm³/mol. The molecule has 0 atom stereocenters. The molecule has 0 bridgehead atoms. The van der Waals surface area contributed by atoms with Crippen molar-refractivity contribution in [1.82, 2.24) is 4.90 Å². The summed E-state index contributed by atoms with van der Waals surface area (Å²) >= 11 is 0. The number of hydrogen-bond donors (Lipinski definition) is 1. The maximum Gasteiger partial charge on any atom is 0.0249 e. The smallest absolute Gasteiger partial charge is 0.0249 e. The summed E-state index contributed by atoms with van der Waals surface area (Å²) in [5.74, 6) is 0. The van der Waals surface area contributed by atoms with E-state index in [1.165, 1.54) is 106 Å².